The number of ether oxygens (including phenoxy) is 1. The third-order valence-corrected chi connectivity index (χ3v) is 7.35. The Labute approximate surface area is 165 Å². The molecule has 9 heteroatoms. The Hall–Kier alpha value is -1.64. The average Bonchev–Trinajstić information content (AvgIpc) is 2.68. The summed E-state index contributed by atoms with van der Waals surface area (Å²) in [4.78, 5) is 26.0. The third-order valence-electron chi connectivity index (χ3n) is 4.82. The van der Waals surface area contributed by atoms with Crippen molar-refractivity contribution in [1.82, 2.24) is 9.21 Å². The molecule has 0 saturated carbocycles. The van der Waals surface area contributed by atoms with Crippen LogP contribution in [0, 0.1) is 5.92 Å². The van der Waals surface area contributed by atoms with E-state index in [4.69, 9.17) is 16.3 Å². The zero-order chi connectivity index (χ0) is 20.2. The number of hydrogen-bond acceptors (Lipinski definition) is 5. The predicted octanol–water partition coefficient (Wildman–Crippen LogP) is 2.40. The SMILES string of the molecule is CCN(CC)S(=O)(=O)c1cc(C(=O)N2CCC(C(=O)OC)CC2)ccc1Cl. The van der Waals surface area contributed by atoms with Crippen LogP contribution in [0.1, 0.15) is 37.0 Å². The Morgan fingerprint density at radius 1 is 1.22 bits per heavy atom. The molecule has 0 aromatic heterocycles. The van der Waals surface area contributed by atoms with Crippen LogP contribution in [-0.4, -0.2) is 62.8 Å². The molecule has 0 atom stereocenters. The Morgan fingerprint density at radius 2 is 1.81 bits per heavy atom. The lowest BCUT2D eigenvalue weighted by Crippen LogP contribution is -2.40. The van der Waals surface area contributed by atoms with Crippen LogP contribution in [0.5, 0.6) is 0 Å². The van der Waals surface area contributed by atoms with Crippen LogP contribution in [0.25, 0.3) is 0 Å². The van der Waals surface area contributed by atoms with Crippen molar-refractivity contribution in [2.45, 2.75) is 31.6 Å². The number of methoxy groups -OCH3 is 1. The van der Waals surface area contributed by atoms with Gasteiger partial charge in [-0.05, 0) is 31.0 Å². The monoisotopic (exact) mass is 416 g/mol. The number of likely N-dealkylation sites (tertiary alicyclic amines) is 1. The Morgan fingerprint density at radius 3 is 2.33 bits per heavy atom. The van der Waals surface area contributed by atoms with Crippen molar-refractivity contribution in [3.8, 4) is 0 Å². The van der Waals surface area contributed by atoms with Gasteiger partial charge in [0.15, 0.2) is 0 Å². The smallest absolute Gasteiger partial charge is 0.308 e. The van der Waals surface area contributed by atoms with Gasteiger partial charge >= 0.3 is 5.97 Å². The summed E-state index contributed by atoms with van der Waals surface area (Å²) in [5.74, 6) is -0.741. The molecule has 150 valence electrons. The van der Waals surface area contributed by atoms with E-state index in [2.05, 4.69) is 0 Å². The molecule has 1 aliphatic heterocycles. The van der Waals surface area contributed by atoms with Crippen LogP contribution >= 0.6 is 11.6 Å². The first-order valence-corrected chi connectivity index (χ1v) is 10.7. The maximum Gasteiger partial charge on any atom is 0.308 e. The predicted molar refractivity (Wildman–Crippen MR) is 102 cm³/mol. The van der Waals surface area contributed by atoms with Crippen LogP contribution in [-0.2, 0) is 19.6 Å². The zero-order valence-corrected chi connectivity index (χ0v) is 17.3. The minimum atomic E-state index is -3.77. The normalized spacial score (nSPS) is 15.8. The van der Waals surface area contributed by atoms with Gasteiger partial charge in [-0.25, -0.2) is 8.42 Å². The van der Waals surface area contributed by atoms with Gasteiger partial charge in [0, 0.05) is 31.7 Å². The van der Waals surface area contributed by atoms with Gasteiger partial charge in [-0.2, -0.15) is 4.31 Å². The highest BCUT2D eigenvalue weighted by molar-refractivity contribution is 7.89. The Balaban J connectivity index is 2.23. The van der Waals surface area contributed by atoms with E-state index in [9.17, 15) is 18.0 Å². The number of sulfonamides is 1. The van der Waals surface area contributed by atoms with Crippen molar-refractivity contribution in [3.63, 3.8) is 0 Å². The van der Waals surface area contributed by atoms with Crippen LogP contribution in [0.15, 0.2) is 23.1 Å². The number of rotatable bonds is 6. The minimum Gasteiger partial charge on any atom is -0.469 e. The van der Waals surface area contributed by atoms with Crippen molar-refractivity contribution >= 4 is 33.5 Å². The molecular formula is C18H25ClN2O5S. The minimum absolute atomic E-state index is 0.0665. The summed E-state index contributed by atoms with van der Waals surface area (Å²) >= 11 is 6.12. The molecular weight excluding hydrogens is 392 g/mol. The number of amides is 1. The number of halogens is 1. The highest BCUT2D eigenvalue weighted by Crippen LogP contribution is 2.27. The number of benzene rings is 1. The number of carbonyl (C=O) groups excluding carboxylic acids is 2. The van der Waals surface area contributed by atoms with E-state index in [1.807, 2.05) is 0 Å². The highest BCUT2D eigenvalue weighted by atomic mass is 35.5. The van der Waals surface area contributed by atoms with Gasteiger partial charge in [-0.3, -0.25) is 9.59 Å². The second-order valence-electron chi connectivity index (χ2n) is 6.32. The molecule has 2 rings (SSSR count). The van der Waals surface area contributed by atoms with E-state index >= 15 is 0 Å². The lowest BCUT2D eigenvalue weighted by Gasteiger charge is -2.31. The number of carbonyl (C=O) groups is 2. The van der Waals surface area contributed by atoms with Gasteiger partial charge in [0.1, 0.15) is 4.90 Å². The Bertz CT molecular complexity index is 800. The lowest BCUT2D eigenvalue weighted by molar-refractivity contribution is -0.146. The molecule has 7 nitrogen and oxygen atoms in total. The number of esters is 1. The first-order valence-electron chi connectivity index (χ1n) is 8.93. The largest absolute Gasteiger partial charge is 0.469 e. The summed E-state index contributed by atoms with van der Waals surface area (Å²) in [6, 6.07) is 4.30. The van der Waals surface area contributed by atoms with Gasteiger partial charge < -0.3 is 9.64 Å². The second kappa shape index (κ2) is 9.03. The molecule has 27 heavy (non-hydrogen) atoms. The highest BCUT2D eigenvalue weighted by Gasteiger charge is 2.30. The maximum absolute atomic E-state index is 12.8. The molecule has 0 radical (unpaired) electrons. The van der Waals surface area contributed by atoms with Gasteiger partial charge in [-0.1, -0.05) is 25.4 Å². The number of nitrogens with zero attached hydrogens (tertiary/aromatic N) is 2. The molecule has 1 fully saturated rings. The van der Waals surface area contributed by atoms with Crippen molar-refractivity contribution < 1.29 is 22.7 Å². The Kier molecular flexibility index (Phi) is 7.25. The van der Waals surface area contributed by atoms with Gasteiger partial charge in [0.05, 0.1) is 18.1 Å². The summed E-state index contributed by atoms with van der Waals surface area (Å²) in [5, 5.41) is 0.0860. The topological polar surface area (TPSA) is 84.0 Å². The molecule has 1 amide bonds. The lowest BCUT2D eigenvalue weighted by atomic mass is 9.96. The third kappa shape index (κ3) is 4.62. The van der Waals surface area contributed by atoms with Crippen LogP contribution in [0.4, 0.5) is 0 Å². The summed E-state index contributed by atoms with van der Waals surface area (Å²) in [7, 11) is -2.42. The number of hydrogen-bond donors (Lipinski definition) is 0. The van der Waals surface area contributed by atoms with E-state index < -0.39 is 10.0 Å². The van der Waals surface area contributed by atoms with Gasteiger partial charge in [0.2, 0.25) is 10.0 Å². The molecule has 0 unspecified atom stereocenters. The second-order valence-corrected chi connectivity index (χ2v) is 8.64. The van der Waals surface area contributed by atoms with Gasteiger partial charge in [-0.15, -0.1) is 0 Å². The fourth-order valence-corrected chi connectivity index (χ4v) is 5.16. The van der Waals surface area contributed by atoms with Crippen LogP contribution < -0.4 is 0 Å². The summed E-state index contributed by atoms with van der Waals surface area (Å²) in [5.41, 5.74) is 0.265. The maximum atomic E-state index is 12.8. The van der Waals surface area contributed by atoms with E-state index in [1.165, 1.54) is 29.6 Å². The van der Waals surface area contributed by atoms with E-state index in [1.54, 1.807) is 18.7 Å². The average molecular weight is 417 g/mol. The molecule has 1 aliphatic rings. The van der Waals surface area contributed by atoms with Crippen molar-refractivity contribution in [2.24, 2.45) is 5.92 Å². The van der Waals surface area contributed by atoms with Crippen LogP contribution in [0.2, 0.25) is 5.02 Å². The quantitative estimate of drug-likeness (QED) is 0.665. The summed E-state index contributed by atoms with van der Waals surface area (Å²) < 4.78 is 31.6. The molecule has 0 N–H and O–H groups in total. The fourth-order valence-electron chi connectivity index (χ4n) is 3.20. The summed E-state index contributed by atoms with van der Waals surface area (Å²) in [6.07, 6.45) is 1.05. The van der Waals surface area contributed by atoms with Crippen LogP contribution in [0.3, 0.4) is 0 Å². The molecule has 1 aromatic carbocycles. The first kappa shape index (κ1) is 21.7. The van der Waals surface area contributed by atoms with Gasteiger partial charge in [0.25, 0.3) is 5.91 Å². The molecule has 1 aromatic rings. The standard InChI is InChI=1S/C18H25ClN2O5S/c1-4-21(5-2)27(24,25)16-12-14(6-7-15(16)19)17(22)20-10-8-13(9-11-20)18(23)26-3/h6-7,12-13H,4-5,8-11H2,1-3H3. The van der Waals surface area contributed by atoms with Crippen molar-refractivity contribution in [2.75, 3.05) is 33.3 Å². The van der Waals surface area contributed by atoms with Crippen molar-refractivity contribution in [1.29, 1.82) is 0 Å². The molecule has 0 bridgehead atoms. The fraction of sp³-hybridized carbons (Fsp3) is 0.556. The zero-order valence-electron chi connectivity index (χ0n) is 15.8. The molecule has 0 aliphatic carbocycles. The number of piperidine rings is 1. The summed E-state index contributed by atoms with van der Waals surface area (Å²) in [6.45, 7) is 4.95. The van der Waals surface area contributed by atoms with E-state index in [0.717, 1.165) is 0 Å². The van der Waals surface area contributed by atoms with E-state index in [0.29, 0.717) is 39.0 Å². The van der Waals surface area contributed by atoms with E-state index in [-0.39, 0.29) is 33.3 Å². The molecule has 1 heterocycles. The first-order chi connectivity index (χ1) is 12.8. The molecule has 0 spiro atoms. The molecule has 1 saturated heterocycles. The van der Waals surface area contributed by atoms with Crippen molar-refractivity contribution in [3.05, 3.63) is 28.8 Å².